The number of hydrogen-bond donors (Lipinski definition) is 0. The lowest BCUT2D eigenvalue weighted by atomic mass is 10.0. The highest BCUT2D eigenvalue weighted by molar-refractivity contribution is 5.90. The number of esters is 1. The topological polar surface area (TPSA) is 55.7 Å². The lowest BCUT2D eigenvalue weighted by Crippen LogP contribution is -2.11. The molecule has 0 amide bonds. The van der Waals surface area contributed by atoms with Crippen LogP contribution in [0.2, 0.25) is 0 Å². The lowest BCUT2D eigenvalue weighted by molar-refractivity contribution is 0.0378. The third-order valence-corrected chi connectivity index (χ3v) is 2.84. The van der Waals surface area contributed by atoms with Crippen LogP contribution in [0.4, 0.5) is 5.69 Å². The maximum absolute atomic E-state index is 11.7. The van der Waals surface area contributed by atoms with Crippen LogP contribution in [0.25, 0.3) is 11.1 Å². The summed E-state index contributed by atoms with van der Waals surface area (Å²) in [7, 11) is 0. The number of ether oxygens (including phenoxy) is 1. The molecule has 0 heterocycles. The second kappa shape index (κ2) is 6.64. The normalized spacial score (nSPS) is 10.0. The Bertz CT molecular complexity index is 666. The molecule has 0 bridgehead atoms. The zero-order valence-corrected chi connectivity index (χ0v) is 11.9. The average Bonchev–Trinajstić information content (AvgIpc) is 2.48. The minimum atomic E-state index is -0.327. The number of carbonyl (C=O) groups excluding carboxylic acids is 2. The van der Waals surface area contributed by atoms with Gasteiger partial charge in [0.1, 0.15) is 0 Å². The van der Waals surface area contributed by atoms with Crippen molar-refractivity contribution < 1.29 is 14.3 Å². The Balaban J connectivity index is 2.18. The largest absolute Gasteiger partial charge is 0.459 e. The Morgan fingerprint density at radius 1 is 1.00 bits per heavy atom. The molecule has 0 saturated carbocycles. The van der Waals surface area contributed by atoms with Gasteiger partial charge in [-0.1, -0.05) is 24.3 Å². The van der Waals surface area contributed by atoms with Crippen LogP contribution in [0.3, 0.4) is 0 Å². The summed E-state index contributed by atoms with van der Waals surface area (Å²) in [4.78, 5) is 25.5. The molecule has 0 atom stereocenters. The summed E-state index contributed by atoms with van der Waals surface area (Å²) < 4.78 is 5.14. The minimum Gasteiger partial charge on any atom is -0.459 e. The van der Waals surface area contributed by atoms with Crippen LogP contribution in [0.15, 0.2) is 53.5 Å². The van der Waals surface area contributed by atoms with E-state index in [0.29, 0.717) is 11.3 Å². The predicted octanol–water partition coefficient (Wildman–Crippen LogP) is 3.89. The van der Waals surface area contributed by atoms with Gasteiger partial charge in [0.25, 0.3) is 0 Å². The van der Waals surface area contributed by atoms with Gasteiger partial charge in [-0.2, -0.15) is 4.99 Å². The Morgan fingerprint density at radius 2 is 1.52 bits per heavy atom. The van der Waals surface area contributed by atoms with E-state index in [1.54, 1.807) is 24.3 Å². The summed E-state index contributed by atoms with van der Waals surface area (Å²) in [6.07, 6.45) is 1.37. The second-order valence-electron chi connectivity index (χ2n) is 4.78. The average molecular weight is 281 g/mol. The van der Waals surface area contributed by atoms with E-state index in [0.717, 1.165) is 11.1 Å². The molecule has 0 N–H and O–H groups in total. The van der Waals surface area contributed by atoms with Crippen LogP contribution >= 0.6 is 0 Å². The number of rotatable bonds is 4. The summed E-state index contributed by atoms with van der Waals surface area (Å²) >= 11 is 0. The predicted molar refractivity (Wildman–Crippen MR) is 80.2 cm³/mol. The third-order valence-electron chi connectivity index (χ3n) is 2.84. The van der Waals surface area contributed by atoms with Gasteiger partial charge in [-0.3, -0.25) is 0 Å². The van der Waals surface area contributed by atoms with E-state index in [2.05, 4.69) is 4.99 Å². The van der Waals surface area contributed by atoms with E-state index in [9.17, 15) is 9.59 Å². The van der Waals surface area contributed by atoms with Gasteiger partial charge in [-0.25, -0.2) is 9.59 Å². The van der Waals surface area contributed by atoms with Crippen molar-refractivity contribution in [2.45, 2.75) is 20.0 Å². The van der Waals surface area contributed by atoms with Gasteiger partial charge in [-0.15, -0.1) is 0 Å². The van der Waals surface area contributed by atoms with Crippen molar-refractivity contribution in [3.8, 4) is 11.1 Å². The van der Waals surface area contributed by atoms with Crippen LogP contribution in [0.5, 0.6) is 0 Å². The number of hydrogen-bond acceptors (Lipinski definition) is 4. The maximum atomic E-state index is 11.7. The van der Waals surface area contributed by atoms with Crippen LogP contribution in [0, 0.1) is 0 Å². The lowest BCUT2D eigenvalue weighted by Gasteiger charge is -2.08. The molecule has 106 valence electrons. The standard InChI is InChI=1S/C17H15NO3/c1-12(2)21-17(20)15-5-3-13(4-6-15)14-7-9-16(10-8-14)18-11-19/h3-10,12H,1-2H3. The van der Waals surface area contributed by atoms with Crippen LogP contribution in [-0.2, 0) is 9.53 Å². The monoisotopic (exact) mass is 281 g/mol. The number of isocyanates is 1. The zero-order valence-electron chi connectivity index (χ0n) is 11.9. The van der Waals surface area contributed by atoms with Crippen LogP contribution in [0.1, 0.15) is 24.2 Å². The summed E-state index contributed by atoms with van der Waals surface area (Å²) in [6.45, 7) is 3.63. The first-order valence-corrected chi connectivity index (χ1v) is 6.59. The first kappa shape index (κ1) is 14.7. The molecule has 2 aromatic rings. The van der Waals surface area contributed by atoms with E-state index in [-0.39, 0.29) is 12.1 Å². The molecule has 4 nitrogen and oxygen atoms in total. The van der Waals surface area contributed by atoms with Crippen LogP contribution in [-0.4, -0.2) is 18.2 Å². The fourth-order valence-corrected chi connectivity index (χ4v) is 1.86. The van der Waals surface area contributed by atoms with Crippen molar-refractivity contribution in [1.82, 2.24) is 0 Å². The van der Waals surface area contributed by atoms with Crippen molar-refractivity contribution in [2.24, 2.45) is 4.99 Å². The van der Waals surface area contributed by atoms with Gasteiger partial charge in [-0.05, 0) is 49.2 Å². The first-order chi connectivity index (χ1) is 10.1. The molecular formula is C17H15NO3. The molecule has 2 aromatic carbocycles. The van der Waals surface area contributed by atoms with Gasteiger partial charge in [0.2, 0.25) is 6.08 Å². The van der Waals surface area contributed by atoms with Gasteiger partial charge >= 0.3 is 5.97 Å². The summed E-state index contributed by atoms with van der Waals surface area (Å²) in [6, 6.07) is 14.4. The molecule has 0 aromatic heterocycles. The van der Waals surface area contributed by atoms with E-state index in [4.69, 9.17) is 4.74 Å². The molecule has 0 unspecified atom stereocenters. The van der Waals surface area contributed by atoms with E-state index in [1.165, 1.54) is 6.08 Å². The molecule has 0 aliphatic rings. The van der Waals surface area contributed by atoms with E-state index >= 15 is 0 Å². The maximum Gasteiger partial charge on any atom is 0.338 e. The Morgan fingerprint density at radius 3 is 2.00 bits per heavy atom. The van der Waals surface area contributed by atoms with Crippen molar-refractivity contribution in [2.75, 3.05) is 0 Å². The molecule has 2 rings (SSSR count). The smallest absolute Gasteiger partial charge is 0.338 e. The molecule has 0 fully saturated rings. The van der Waals surface area contributed by atoms with Crippen LogP contribution < -0.4 is 0 Å². The highest BCUT2D eigenvalue weighted by Gasteiger charge is 2.09. The Hall–Kier alpha value is -2.71. The molecule has 0 aliphatic heterocycles. The number of aliphatic imine (C=N–C) groups is 1. The first-order valence-electron chi connectivity index (χ1n) is 6.59. The third kappa shape index (κ3) is 3.88. The Labute approximate surface area is 123 Å². The Kier molecular flexibility index (Phi) is 4.64. The summed E-state index contributed by atoms with van der Waals surface area (Å²) in [5.41, 5.74) is 3.03. The number of benzene rings is 2. The SMILES string of the molecule is CC(C)OC(=O)c1ccc(-c2ccc(N=C=O)cc2)cc1. The fourth-order valence-electron chi connectivity index (χ4n) is 1.86. The zero-order chi connectivity index (χ0) is 15.2. The molecule has 0 radical (unpaired) electrons. The molecule has 21 heavy (non-hydrogen) atoms. The summed E-state index contributed by atoms with van der Waals surface area (Å²) in [5, 5.41) is 0. The van der Waals surface area contributed by atoms with Gasteiger partial charge in [0.05, 0.1) is 17.4 Å². The van der Waals surface area contributed by atoms with Gasteiger partial charge < -0.3 is 4.74 Å². The molecule has 0 saturated heterocycles. The van der Waals surface area contributed by atoms with Gasteiger partial charge in [0, 0.05) is 0 Å². The highest BCUT2D eigenvalue weighted by Crippen LogP contribution is 2.23. The van der Waals surface area contributed by atoms with E-state index in [1.807, 2.05) is 38.1 Å². The summed E-state index contributed by atoms with van der Waals surface area (Å²) in [5.74, 6) is -0.327. The molecule has 0 aliphatic carbocycles. The van der Waals surface area contributed by atoms with Crippen molar-refractivity contribution >= 4 is 17.7 Å². The fraction of sp³-hybridized carbons (Fsp3) is 0.176. The van der Waals surface area contributed by atoms with Crippen molar-refractivity contribution in [1.29, 1.82) is 0 Å². The van der Waals surface area contributed by atoms with Gasteiger partial charge in [0.15, 0.2) is 0 Å². The van der Waals surface area contributed by atoms with Crippen molar-refractivity contribution in [3.05, 3.63) is 54.1 Å². The second-order valence-corrected chi connectivity index (χ2v) is 4.78. The van der Waals surface area contributed by atoms with E-state index < -0.39 is 0 Å². The quantitative estimate of drug-likeness (QED) is 0.485. The minimum absolute atomic E-state index is 0.136. The molecular weight excluding hydrogens is 266 g/mol. The molecule has 0 spiro atoms. The molecule has 4 heteroatoms. The van der Waals surface area contributed by atoms with Crippen molar-refractivity contribution in [3.63, 3.8) is 0 Å². The highest BCUT2D eigenvalue weighted by atomic mass is 16.5. The number of nitrogens with zero attached hydrogens (tertiary/aromatic N) is 1. The number of carbonyl (C=O) groups is 1.